The molecule has 1 aliphatic rings. The summed E-state index contributed by atoms with van der Waals surface area (Å²) < 4.78 is 6.66. The van der Waals surface area contributed by atoms with Crippen molar-refractivity contribution in [1.29, 1.82) is 0 Å². The SMILES string of the molecule is CCOC(=O)c1cnn(C)c1CNCC1CCC(=O)N1. The molecule has 110 valence electrons. The lowest BCUT2D eigenvalue weighted by molar-refractivity contribution is -0.119. The summed E-state index contributed by atoms with van der Waals surface area (Å²) >= 11 is 0. The minimum atomic E-state index is -0.355. The first-order valence-electron chi connectivity index (χ1n) is 6.80. The maximum absolute atomic E-state index is 11.8. The fourth-order valence-electron chi connectivity index (χ4n) is 2.25. The van der Waals surface area contributed by atoms with Gasteiger partial charge in [0.2, 0.25) is 5.91 Å². The molecule has 1 saturated heterocycles. The van der Waals surface area contributed by atoms with Crippen LogP contribution in [0.2, 0.25) is 0 Å². The van der Waals surface area contributed by atoms with Gasteiger partial charge in [-0.3, -0.25) is 9.48 Å². The number of nitrogens with one attached hydrogen (secondary N) is 2. The highest BCUT2D eigenvalue weighted by Gasteiger charge is 2.21. The first-order chi connectivity index (χ1) is 9.61. The molecule has 2 N–H and O–H groups in total. The number of amides is 1. The first kappa shape index (κ1) is 14.5. The van der Waals surface area contributed by atoms with E-state index in [9.17, 15) is 9.59 Å². The molecule has 0 aromatic carbocycles. The normalized spacial score (nSPS) is 18.1. The Morgan fingerprint density at radius 2 is 2.45 bits per heavy atom. The highest BCUT2D eigenvalue weighted by molar-refractivity contribution is 5.90. The van der Waals surface area contributed by atoms with Crippen molar-refractivity contribution in [2.75, 3.05) is 13.2 Å². The number of hydrogen-bond acceptors (Lipinski definition) is 5. The highest BCUT2D eigenvalue weighted by Crippen LogP contribution is 2.10. The van der Waals surface area contributed by atoms with Crippen molar-refractivity contribution < 1.29 is 14.3 Å². The number of ether oxygens (including phenoxy) is 1. The van der Waals surface area contributed by atoms with Crippen molar-refractivity contribution >= 4 is 11.9 Å². The molecule has 0 aliphatic carbocycles. The summed E-state index contributed by atoms with van der Waals surface area (Å²) in [4.78, 5) is 22.9. The lowest BCUT2D eigenvalue weighted by Crippen LogP contribution is -2.35. The molecule has 1 aromatic heterocycles. The molecule has 1 aliphatic heterocycles. The molecule has 0 saturated carbocycles. The van der Waals surface area contributed by atoms with Crippen molar-refractivity contribution in [2.45, 2.75) is 32.4 Å². The van der Waals surface area contributed by atoms with E-state index in [1.165, 1.54) is 6.20 Å². The van der Waals surface area contributed by atoms with Gasteiger partial charge in [-0.05, 0) is 13.3 Å². The first-order valence-corrected chi connectivity index (χ1v) is 6.80. The van der Waals surface area contributed by atoms with Crippen molar-refractivity contribution in [3.05, 3.63) is 17.5 Å². The predicted molar refractivity (Wildman–Crippen MR) is 72.0 cm³/mol. The second-order valence-electron chi connectivity index (χ2n) is 4.78. The zero-order valence-corrected chi connectivity index (χ0v) is 11.8. The predicted octanol–water partition coefficient (Wildman–Crippen LogP) is -0.0350. The molecule has 1 atom stereocenters. The van der Waals surface area contributed by atoms with Gasteiger partial charge in [-0.15, -0.1) is 0 Å². The average Bonchev–Trinajstić information content (AvgIpc) is 2.97. The molecular formula is C13H20N4O3. The van der Waals surface area contributed by atoms with Crippen LogP contribution < -0.4 is 10.6 Å². The molecule has 1 unspecified atom stereocenters. The summed E-state index contributed by atoms with van der Waals surface area (Å²) in [6.45, 7) is 3.31. The van der Waals surface area contributed by atoms with E-state index in [2.05, 4.69) is 15.7 Å². The van der Waals surface area contributed by atoms with Gasteiger partial charge < -0.3 is 15.4 Å². The molecule has 0 spiro atoms. The van der Waals surface area contributed by atoms with Crippen molar-refractivity contribution in [3.8, 4) is 0 Å². The van der Waals surface area contributed by atoms with Crippen LogP contribution in [0.3, 0.4) is 0 Å². The number of rotatable bonds is 6. The molecule has 7 nitrogen and oxygen atoms in total. The Balaban J connectivity index is 1.90. The van der Waals surface area contributed by atoms with Crippen LogP contribution in [0.4, 0.5) is 0 Å². The zero-order valence-electron chi connectivity index (χ0n) is 11.8. The molecule has 20 heavy (non-hydrogen) atoms. The van der Waals surface area contributed by atoms with Gasteiger partial charge in [-0.2, -0.15) is 5.10 Å². The van der Waals surface area contributed by atoms with Crippen molar-refractivity contribution in [3.63, 3.8) is 0 Å². The second kappa shape index (κ2) is 6.51. The Bertz CT molecular complexity index is 498. The maximum atomic E-state index is 11.8. The van der Waals surface area contributed by atoms with E-state index in [1.807, 2.05) is 0 Å². The van der Waals surface area contributed by atoms with Gasteiger partial charge in [-0.1, -0.05) is 0 Å². The molecule has 2 heterocycles. The average molecular weight is 280 g/mol. The number of carbonyl (C=O) groups is 2. The number of hydrogen-bond donors (Lipinski definition) is 2. The molecular weight excluding hydrogens is 260 g/mol. The van der Waals surface area contributed by atoms with Crippen LogP contribution in [0.1, 0.15) is 35.8 Å². The smallest absolute Gasteiger partial charge is 0.341 e. The van der Waals surface area contributed by atoms with Crippen LogP contribution in [-0.4, -0.2) is 40.9 Å². The largest absolute Gasteiger partial charge is 0.462 e. The Labute approximate surface area is 117 Å². The lowest BCUT2D eigenvalue weighted by Gasteiger charge is -2.12. The van der Waals surface area contributed by atoms with E-state index in [0.29, 0.717) is 31.7 Å². The van der Waals surface area contributed by atoms with Crippen LogP contribution in [0.15, 0.2) is 6.20 Å². The second-order valence-corrected chi connectivity index (χ2v) is 4.78. The number of aromatic nitrogens is 2. The third-order valence-corrected chi connectivity index (χ3v) is 3.33. The summed E-state index contributed by atoms with van der Waals surface area (Å²) in [5.41, 5.74) is 1.27. The lowest BCUT2D eigenvalue weighted by atomic mass is 10.2. The molecule has 1 amide bonds. The number of esters is 1. The van der Waals surface area contributed by atoms with Crippen LogP contribution >= 0.6 is 0 Å². The minimum absolute atomic E-state index is 0.101. The molecule has 1 fully saturated rings. The third kappa shape index (κ3) is 3.36. The Hall–Kier alpha value is -1.89. The Morgan fingerprint density at radius 1 is 1.65 bits per heavy atom. The molecule has 7 heteroatoms. The Kier molecular flexibility index (Phi) is 4.73. The summed E-state index contributed by atoms with van der Waals surface area (Å²) in [7, 11) is 1.79. The standard InChI is InChI=1S/C13H20N4O3/c1-3-20-13(19)10-7-15-17(2)11(10)8-14-6-9-4-5-12(18)16-9/h7,9,14H,3-6,8H2,1-2H3,(H,16,18). The topological polar surface area (TPSA) is 85.2 Å². The third-order valence-electron chi connectivity index (χ3n) is 3.33. The summed E-state index contributed by atoms with van der Waals surface area (Å²) in [6.07, 6.45) is 2.96. The van der Waals surface area contributed by atoms with E-state index in [-0.39, 0.29) is 17.9 Å². The van der Waals surface area contributed by atoms with E-state index < -0.39 is 0 Å². The van der Waals surface area contributed by atoms with Gasteiger partial charge in [0.05, 0.1) is 18.5 Å². The van der Waals surface area contributed by atoms with Gasteiger partial charge in [0.1, 0.15) is 5.56 Å². The number of nitrogens with zero attached hydrogens (tertiary/aromatic N) is 2. The van der Waals surface area contributed by atoms with E-state index in [4.69, 9.17) is 4.74 Å². The van der Waals surface area contributed by atoms with E-state index in [0.717, 1.165) is 12.1 Å². The van der Waals surface area contributed by atoms with Crippen LogP contribution in [-0.2, 0) is 23.1 Å². The fourth-order valence-corrected chi connectivity index (χ4v) is 2.25. The summed E-state index contributed by atoms with van der Waals surface area (Å²) in [6, 6.07) is 0.168. The van der Waals surface area contributed by atoms with Gasteiger partial charge in [0.15, 0.2) is 0 Å². The highest BCUT2D eigenvalue weighted by atomic mass is 16.5. The van der Waals surface area contributed by atoms with Gasteiger partial charge >= 0.3 is 5.97 Å². The quantitative estimate of drug-likeness (QED) is 0.715. The van der Waals surface area contributed by atoms with Crippen molar-refractivity contribution in [2.24, 2.45) is 7.05 Å². The van der Waals surface area contributed by atoms with E-state index in [1.54, 1.807) is 18.7 Å². The number of aryl methyl sites for hydroxylation is 1. The van der Waals surface area contributed by atoms with Gasteiger partial charge in [-0.25, -0.2) is 4.79 Å². The molecule has 0 bridgehead atoms. The molecule has 2 rings (SSSR count). The van der Waals surface area contributed by atoms with Crippen LogP contribution in [0.25, 0.3) is 0 Å². The molecule has 0 radical (unpaired) electrons. The number of carbonyl (C=O) groups excluding carboxylic acids is 2. The maximum Gasteiger partial charge on any atom is 0.341 e. The minimum Gasteiger partial charge on any atom is -0.462 e. The Morgan fingerprint density at radius 3 is 3.10 bits per heavy atom. The van der Waals surface area contributed by atoms with Gasteiger partial charge in [0.25, 0.3) is 0 Å². The van der Waals surface area contributed by atoms with Crippen molar-refractivity contribution in [1.82, 2.24) is 20.4 Å². The monoisotopic (exact) mass is 280 g/mol. The summed E-state index contributed by atoms with van der Waals surface area (Å²) in [5, 5.41) is 10.2. The fraction of sp³-hybridized carbons (Fsp3) is 0.615. The van der Waals surface area contributed by atoms with E-state index >= 15 is 0 Å². The summed E-state index contributed by atoms with van der Waals surface area (Å²) in [5.74, 6) is -0.254. The van der Waals surface area contributed by atoms with Crippen LogP contribution in [0, 0.1) is 0 Å². The van der Waals surface area contributed by atoms with Crippen LogP contribution in [0.5, 0.6) is 0 Å². The van der Waals surface area contributed by atoms with Gasteiger partial charge in [0, 0.05) is 32.6 Å². The zero-order chi connectivity index (χ0) is 14.5. The molecule has 1 aromatic rings.